The third kappa shape index (κ3) is 7.09. The van der Waals surface area contributed by atoms with E-state index in [1.54, 1.807) is 6.08 Å². The highest BCUT2D eigenvalue weighted by Crippen LogP contribution is 2.55. The van der Waals surface area contributed by atoms with Gasteiger partial charge in [0.15, 0.2) is 5.60 Å². The molecule has 0 aromatic heterocycles. The molecule has 1 aliphatic carbocycles. The third-order valence-corrected chi connectivity index (χ3v) is 10.1. The number of aryl methyl sites for hydroxylation is 2. The van der Waals surface area contributed by atoms with Gasteiger partial charge < -0.3 is 29.4 Å². The molecule has 1 atom stereocenters. The molecular formula is C44H49N2O7+. The number of aliphatic carboxylic acids is 1. The van der Waals surface area contributed by atoms with Crippen molar-refractivity contribution in [2.45, 2.75) is 61.0 Å². The van der Waals surface area contributed by atoms with Crippen molar-refractivity contribution in [3.8, 4) is 22.8 Å². The van der Waals surface area contributed by atoms with Crippen LogP contribution in [-0.4, -0.2) is 48.7 Å². The molecule has 0 fully saturated rings. The molecule has 0 radical (unpaired) electrons. The molecule has 9 heteroatoms. The second kappa shape index (κ2) is 15.5. The van der Waals surface area contributed by atoms with Crippen LogP contribution in [0.25, 0.3) is 27.9 Å². The van der Waals surface area contributed by atoms with E-state index in [2.05, 4.69) is 55.4 Å². The van der Waals surface area contributed by atoms with E-state index >= 15 is 0 Å². The van der Waals surface area contributed by atoms with Crippen LogP contribution in [0.2, 0.25) is 0 Å². The molecule has 1 unspecified atom stereocenters. The summed E-state index contributed by atoms with van der Waals surface area (Å²) < 4.78 is 20.6. The number of carbonyl (C=O) groups excluding carboxylic acids is 1. The Morgan fingerprint density at radius 1 is 0.868 bits per heavy atom. The molecule has 0 amide bonds. The Hall–Kier alpha value is -5.67. The van der Waals surface area contributed by atoms with Crippen LogP contribution in [-0.2, 0) is 19.9 Å². The van der Waals surface area contributed by atoms with Gasteiger partial charge in [0.2, 0.25) is 5.36 Å². The summed E-state index contributed by atoms with van der Waals surface area (Å²) >= 11 is 0. The van der Waals surface area contributed by atoms with E-state index in [1.165, 1.54) is 6.08 Å². The largest absolute Gasteiger partial charge is 1.00 e. The summed E-state index contributed by atoms with van der Waals surface area (Å²) in [6.07, 6.45) is 2.84. The number of allylic oxidation sites excluding steroid dienone is 1. The Labute approximate surface area is 312 Å². The highest BCUT2D eigenvalue weighted by molar-refractivity contribution is 6.01. The number of carbonyl (C=O) groups is 2. The van der Waals surface area contributed by atoms with Gasteiger partial charge in [-0.15, -0.1) is 0 Å². The standard InChI is InChI=1S/2C22H23NO3.H2O/c1-5-23(6-2)16-8-10-18-20(13-16)25-19-11-14(3)7-9-17(19)22(18)15(4)12-21(24)26-22;1-5-23(6-2)16-8-10-18-20(13-16)26-19-11-14(3)7-9-17(19)22(18)15(4)12-21(24)25;/h2*7-13H,5-6H2,1-4H3;1H2/p+1/b;15-12-;. The normalized spacial score (nSPS) is 15.7. The van der Waals surface area contributed by atoms with Crippen LogP contribution in [0.4, 0.5) is 5.69 Å². The number of hydrogen-bond donors (Lipinski definition) is 1. The van der Waals surface area contributed by atoms with Crippen molar-refractivity contribution in [3.05, 3.63) is 124 Å². The molecule has 3 aliphatic heterocycles. The number of hydrogen-bond acceptors (Lipinski definition) is 7. The zero-order valence-electron chi connectivity index (χ0n) is 32.7. The number of esters is 1. The van der Waals surface area contributed by atoms with Crippen molar-refractivity contribution in [2.75, 3.05) is 31.1 Å². The summed E-state index contributed by atoms with van der Waals surface area (Å²) in [6.45, 7) is 20.0. The van der Waals surface area contributed by atoms with E-state index in [1.807, 2.05) is 82.3 Å². The van der Waals surface area contributed by atoms with Gasteiger partial charge in [0.1, 0.15) is 35.9 Å². The van der Waals surface area contributed by atoms with E-state index in [4.69, 9.17) is 13.9 Å². The fourth-order valence-electron chi connectivity index (χ4n) is 7.47. The van der Waals surface area contributed by atoms with Gasteiger partial charge in [-0.2, -0.15) is 0 Å². The lowest BCUT2D eigenvalue weighted by molar-refractivity contribution is -0.144. The van der Waals surface area contributed by atoms with E-state index in [9.17, 15) is 14.7 Å². The molecular weight excluding hydrogens is 668 g/mol. The SMILES string of the molecule is CCN(CC)c1ccc2c(c1)Oc1cc(C)ccc1C21OC(=O)C=C1C.CC[N+](CC)=c1ccc2c(/C(C)=C\C(=O)O)c3ccc(C)cc3oc-2c1.[H+].[OH-]. The molecule has 0 saturated heterocycles. The highest BCUT2D eigenvalue weighted by atomic mass is 16.6. The first-order chi connectivity index (χ1) is 24.9. The summed E-state index contributed by atoms with van der Waals surface area (Å²) in [7, 11) is 0. The first-order valence-corrected chi connectivity index (χ1v) is 18.0. The Morgan fingerprint density at radius 3 is 2.13 bits per heavy atom. The molecule has 2 N–H and O–H groups in total. The third-order valence-electron chi connectivity index (χ3n) is 10.1. The molecule has 7 rings (SSSR count). The molecule has 53 heavy (non-hydrogen) atoms. The summed E-state index contributed by atoms with van der Waals surface area (Å²) in [6, 6.07) is 24.4. The van der Waals surface area contributed by atoms with Crippen LogP contribution in [0, 0.1) is 13.8 Å². The maximum absolute atomic E-state index is 12.1. The van der Waals surface area contributed by atoms with E-state index in [-0.39, 0.29) is 12.9 Å². The molecule has 0 saturated carbocycles. The number of rotatable bonds is 7. The average Bonchev–Trinajstić information content (AvgIpc) is 3.40. The minimum absolute atomic E-state index is 0. The van der Waals surface area contributed by atoms with Crippen molar-refractivity contribution in [2.24, 2.45) is 0 Å². The summed E-state index contributed by atoms with van der Waals surface area (Å²) in [5.41, 5.74) is 8.37. The molecule has 3 aromatic carbocycles. The second-order valence-electron chi connectivity index (χ2n) is 13.4. The topological polar surface area (TPSA) is 122 Å². The number of carboxylic acid groups (broad SMARTS) is 1. The number of nitrogens with zero attached hydrogens (tertiary/aromatic N) is 2. The maximum atomic E-state index is 12.1. The second-order valence-corrected chi connectivity index (χ2v) is 13.4. The minimum Gasteiger partial charge on any atom is -0.870 e. The van der Waals surface area contributed by atoms with Crippen molar-refractivity contribution < 1.29 is 35.5 Å². The van der Waals surface area contributed by atoms with Gasteiger partial charge >= 0.3 is 13.4 Å². The molecule has 276 valence electrons. The average molecular weight is 718 g/mol. The van der Waals surface area contributed by atoms with Gasteiger partial charge in [0, 0.05) is 65.1 Å². The van der Waals surface area contributed by atoms with Crippen LogP contribution >= 0.6 is 0 Å². The van der Waals surface area contributed by atoms with Crippen molar-refractivity contribution >= 4 is 34.2 Å². The van der Waals surface area contributed by atoms with Gasteiger partial charge in [-0.3, -0.25) is 0 Å². The Morgan fingerprint density at radius 2 is 1.51 bits per heavy atom. The van der Waals surface area contributed by atoms with Gasteiger partial charge in [-0.25, -0.2) is 14.2 Å². The Balaban J connectivity index is 0.000000232. The molecule has 4 aliphatic rings. The summed E-state index contributed by atoms with van der Waals surface area (Å²) in [5, 5.41) is 11.2. The number of ether oxygens (including phenoxy) is 2. The summed E-state index contributed by atoms with van der Waals surface area (Å²) in [4.78, 5) is 25.6. The zero-order valence-corrected chi connectivity index (χ0v) is 31.7. The predicted octanol–water partition coefficient (Wildman–Crippen LogP) is 8.78. The smallest absolute Gasteiger partial charge is 0.870 e. The fourth-order valence-corrected chi connectivity index (χ4v) is 7.47. The van der Waals surface area contributed by atoms with Crippen LogP contribution < -0.4 is 19.6 Å². The number of anilines is 1. The fraction of sp³-hybridized carbons (Fsp3) is 0.295. The zero-order chi connectivity index (χ0) is 37.3. The van der Waals surface area contributed by atoms with E-state index in [0.29, 0.717) is 5.57 Å². The van der Waals surface area contributed by atoms with Gasteiger partial charge in [-0.05, 0) is 114 Å². The van der Waals surface area contributed by atoms with E-state index in [0.717, 1.165) is 104 Å². The maximum Gasteiger partial charge on any atom is 1.00 e. The number of benzene rings is 4. The van der Waals surface area contributed by atoms with Gasteiger partial charge in [-0.1, -0.05) is 24.3 Å². The highest BCUT2D eigenvalue weighted by Gasteiger charge is 2.50. The first kappa shape index (κ1) is 38.6. The van der Waals surface area contributed by atoms with Crippen molar-refractivity contribution in [1.29, 1.82) is 0 Å². The van der Waals surface area contributed by atoms with Gasteiger partial charge in [0.05, 0.1) is 6.07 Å². The Bertz CT molecular complexity index is 2310. The molecule has 3 heterocycles. The lowest BCUT2D eigenvalue weighted by Gasteiger charge is -2.38. The van der Waals surface area contributed by atoms with E-state index < -0.39 is 11.6 Å². The van der Waals surface area contributed by atoms with Crippen LogP contribution in [0.15, 0.2) is 94.9 Å². The lowest BCUT2D eigenvalue weighted by atomic mass is 9.78. The van der Waals surface area contributed by atoms with Crippen LogP contribution in [0.1, 0.15) is 70.8 Å². The van der Waals surface area contributed by atoms with Crippen molar-refractivity contribution in [3.63, 3.8) is 0 Å². The molecule has 0 bridgehead atoms. The summed E-state index contributed by atoms with van der Waals surface area (Å²) in [5.74, 6) is 0.999. The monoisotopic (exact) mass is 717 g/mol. The van der Waals surface area contributed by atoms with Crippen LogP contribution in [0.3, 0.4) is 0 Å². The minimum atomic E-state index is -0.948. The predicted molar refractivity (Wildman–Crippen MR) is 210 cm³/mol. The first-order valence-electron chi connectivity index (χ1n) is 18.0. The van der Waals surface area contributed by atoms with Crippen molar-refractivity contribution in [1.82, 2.24) is 4.58 Å². The van der Waals surface area contributed by atoms with Gasteiger partial charge in [0.25, 0.3) is 0 Å². The Kier molecular flexibility index (Phi) is 11.3. The molecule has 3 aromatic rings. The number of fused-ring (bicyclic) bond motifs is 6. The lowest BCUT2D eigenvalue weighted by Crippen LogP contribution is -2.34. The number of carboxylic acids is 1. The molecule has 9 nitrogen and oxygen atoms in total. The van der Waals surface area contributed by atoms with Crippen LogP contribution in [0.5, 0.6) is 11.5 Å². The quantitative estimate of drug-likeness (QED) is 0.0768. The molecule has 1 spiro atoms.